The van der Waals surface area contributed by atoms with Gasteiger partial charge in [0.25, 0.3) is 11.8 Å². The zero-order chi connectivity index (χ0) is 24.0. The van der Waals surface area contributed by atoms with Gasteiger partial charge in [-0.05, 0) is 73.2 Å². The van der Waals surface area contributed by atoms with Crippen molar-refractivity contribution in [3.8, 4) is 11.5 Å². The van der Waals surface area contributed by atoms with Crippen molar-refractivity contribution in [2.75, 3.05) is 6.61 Å². The van der Waals surface area contributed by atoms with Crippen molar-refractivity contribution in [2.45, 2.75) is 50.9 Å². The Morgan fingerprint density at radius 3 is 2.06 bits per heavy atom. The van der Waals surface area contributed by atoms with Crippen molar-refractivity contribution >= 4 is 11.8 Å². The molecule has 5 rings (SSSR count). The fourth-order valence-electron chi connectivity index (χ4n) is 3.86. The van der Waals surface area contributed by atoms with Crippen LogP contribution in [0.3, 0.4) is 0 Å². The average molecular weight is 471 g/mol. The summed E-state index contributed by atoms with van der Waals surface area (Å²) in [5.74, 6) is 1.32. The maximum absolute atomic E-state index is 12.9. The maximum atomic E-state index is 12.9. The van der Waals surface area contributed by atoms with E-state index >= 15 is 0 Å². The van der Waals surface area contributed by atoms with Crippen LogP contribution in [0.1, 0.15) is 47.2 Å². The van der Waals surface area contributed by atoms with E-state index in [1.165, 1.54) is 0 Å². The van der Waals surface area contributed by atoms with Gasteiger partial charge in [-0.1, -0.05) is 42.5 Å². The third-order valence-electron chi connectivity index (χ3n) is 6.22. The van der Waals surface area contributed by atoms with Crippen LogP contribution in [0, 0.1) is 0 Å². The standard InChI is InChI=1S/C29H30N2O4/c32-28(20-35-27-16-14-26(15-17-27)34-19-22-4-2-1-3-5-22)31(25-12-13-25)18-21-6-8-23(9-7-21)29(33)30-24-10-11-24/h1-9,14-17,24-25H,10-13,18-20H2,(H,30,33). The van der Waals surface area contributed by atoms with E-state index in [9.17, 15) is 9.59 Å². The monoisotopic (exact) mass is 470 g/mol. The first-order valence-corrected chi connectivity index (χ1v) is 12.2. The molecule has 0 radical (unpaired) electrons. The van der Waals surface area contributed by atoms with Gasteiger partial charge in [-0.15, -0.1) is 0 Å². The fraction of sp³-hybridized carbons (Fsp3) is 0.310. The lowest BCUT2D eigenvalue weighted by Crippen LogP contribution is -2.36. The van der Waals surface area contributed by atoms with Gasteiger partial charge in [0.1, 0.15) is 18.1 Å². The lowest BCUT2D eigenvalue weighted by Gasteiger charge is -2.23. The molecule has 2 aliphatic carbocycles. The zero-order valence-electron chi connectivity index (χ0n) is 19.7. The van der Waals surface area contributed by atoms with Crippen molar-refractivity contribution < 1.29 is 19.1 Å². The minimum absolute atomic E-state index is 0.0113. The molecular weight excluding hydrogens is 440 g/mol. The zero-order valence-corrected chi connectivity index (χ0v) is 19.7. The minimum atomic E-state index is -0.0348. The molecule has 0 unspecified atom stereocenters. The van der Waals surface area contributed by atoms with Crippen LogP contribution in [0.15, 0.2) is 78.9 Å². The highest BCUT2D eigenvalue weighted by Gasteiger charge is 2.32. The first-order valence-electron chi connectivity index (χ1n) is 12.2. The molecule has 6 heteroatoms. The summed E-state index contributed by atoms with van der Waals surface area (Å²) in [5.41, 5.74) is 2.77. The van der Waals surface area contributed by atoms with E-state index in [0.29, 0.717) is 30.5 Å². The van der Waals surface area contributed by atoms with Gasteiger partial charge in [-0.2, -0.15) is 0 Å². The van der Waals surface area contributed by atoms with Gasteiger partial charge in [0, 0.05) is 24.2 Å². The molecule has 0 aromatic heterocycles. The van der Waals surface area contributed by atoms with Gasteiger partial charge in [-0.25, -0.2) is 0 Å². The SMILES string of the molecule is O=C(NC1CC1)c1ccc(CN(C(=O)COc2ccc(OCc3ccccc3)cc2)C2CC2)cc1. The largest absolute Gasteiger partial charge is 0.489 e. The summed E-state index contributed by atoms with van der Waals surface area (Å²) in [7, 11) is 0. The van der Waals surface area contributed by atoms with Crippen LogP contribution < -0.4 is 14.8 Å². The quantitative estimate of drug-likeness (QED) is 0.440. The van der Waals surface area contributed by atoms with Crippen LogP contribution in [-0.2, 0) is 17.9 Å². The van der Waals surface area contributed by atoms with Crippen molar-refractivity contribution in [3.63, 3.8) is 0 Å². The molecule has 3 aromatic carbocycles. The summed E-state index contributed by atoms with van der Waals surface area (Å²) in [6.07, 6.45) is 4.16. The molecule has 2 fully saturated rings. The lowest BCUT2D eigenvalue weighted by molar-refractivity contribution is -0.134. The van der Waals surface area contributed by atoms with E-state index in [2.05, 4.69) is 5.32 Å². The summed E-state index contributed by atoms with van der Waals surface area (Å²) < 4.78 is 11.6. The summed E-state index contributed by atoms with van der Waals surface area (Å²) in [6, 6.07) is 25.5. The second-order valence-electron chi connectivity index (χ2n) is 9.23. The van der Waals surface area contributed by atoms with E-state index in [0.717, 1.165) is 42.6 Å². The minimum Gasteiger partial charge on any atom is -0.489 e. The highest BCUT2D eigenvalue weighted by molar-refractivity contribution is 5.94. The van der Waals surface area contributed by atoms with E-state index in [4.69, 9.17) is 9.47 Å². The molecule has 180 valence electrons. The van der Waals surface area contributed by atoms with Crippen molar-refractivity contribution in [2.24, 2.45) is 0 Å². The van der Waals surface area contributed by atoms with Gasteiger partial charge >= 0.3 is 0 Å². The number of amides is 2. The second-order valence-corrected chi connectivity index (χ2v) is 9.23. The molecule has 3 aromatic rings. The molecule has 0 aliphatic heterocycles. The Bertz CT molecular complexity index is 1140. The van der Waals surface area contributed by atoms with Crippen LogP contribution in [0.25, 0.3) is 0 Å². The molecular formula is C29H30N2O4. The number of ether oxygens (including phenoxy) is 2. The predicted octanol–water partition coefficient (Wildman–Crippen LogP) is 4.73. The van der Waals surface area contributed by atoms with Gasteiger partial charge < -0.3 is 19.7 Å². The van der Waals surface area contributed by atoms with E-state index in [1.54, 1.807) is 0 Å². The molecule has 0 heterocycles. The number of carbonyl (C=O) groups excluding carboxylic acids is 2. The third kappa shape index (κ3) is 6.63. The Morgan fingerprint density at radius 1 is 0.771 bits per heavy atom. The molecule has 6 nitrogen and oxygen atoms in total. The molecule has 2 amide bonds. The van der Waals surface area contributed by atoms with Crippen LogP contribution in [0.4, 0.5) is 0 Å². The number of nitrogens with zero attached hydrogens (tertiary/aromatic N) is 1. The Balaban J connectivity index is 1.11. The first kappa shape index (κ1) is 23.0. The first-order chi connectivity index (χ1) is 17.1. The number of rotatable bonds is 11. The average Bonchev–Trinajstić information content (AvgIpc) is 3.82. The molecule has 0 atom stereocenters. The highest BCUT2D eigenvalue weighted by Crippen LogP contribution is 2.29. The number of carbonyl (C=O) groups is 2. The van der Waals surface area contributed by atoms with Crippen LogP contribution >= 0.6 is 0 Å². The summed E-state index contributed by atoms with van der Waals surface area (Å²) in [6.45, 7) is 1.01. The molecule has 35 heavy (non-hydrogen) atoms. The topological polar surface area (TPSA) is 67.9 Å². The molecule has 2 saturated carbocycles. The normalized spacial score (nSPS) is 14.7. The fourth-order valence-corrected chi connectivity index (χ4v) is 3.86. The summed E-state index contributed by atoms with van der Waals surface area (Å²) in [4.78, 5) is 27.0. The Kier molecular flexibility index (Phi) is 6.98. The molecule has 1 N–H and O–H groups in total. The Morgan fingerprint density at radius 2 is 1.43 bits per heavy atom. The third-order valence-corrected chi connectivity index (χ3v) is 6.22. The number of hydrogen-bond acceptors (Lipinski definition) is 4. The highest BCUT2D eigenvalue weighted by atomic mass is 16.5. The van der Waals surface area contributed by atoms with Gasteiger partial charge in [-0.3, -0.25) is 9.59 Å². The lowest BCUT2D eigenvalue weighted by atomic mass is 10.1. The van der Waals surface area contributed by atoms with Gasteiger partial charge in [0.05, 0.1) is 0 Å². The maximum Gasteiger partial charge on any atom is 0.261 e. The Labute approximate surface area is 205 Å². The summed E-state index contributed by atoms with van der Waals surface area (Å²) in [5, 5.41) is 3.00. The van der Waals surface area contributed by atoms with Crippen LogP contribution in [-0.4, -0.2) is 35.4 Å². The summed E-state index contributed by atoms with van der Waals surface area (Å²) >= 11 is 0. The molecule has 0 saturated heterocycles. The predicted molar refractivity (Wildman–Crippen MR) is 133 cm³/mol. The number of hydrogen-bond donors (Lipinski definition) is 1. The second kappa shape index (κ2) is 10.6. The van der Waals surface area contributed by atoms with Crippen molar-refractivity contribution in [1.29, 1.82) is 0 Å². The van der Waals surface area contributed by atoms with E-state index in [1.807, 2.05) is 83.8 Å². The number of benzene rings is 3. The molecule has 2 aliphatic rings. The van der Waals surface area contributed by atoms with Crippen molar-refractivity contribution in [3.05, 3.63) is 95.6 Å². The van der Waals surface area contributed by atoms with Gasteiger partial charge in [0.15, 0.2) is 6.61 Å². The molecule has 0 spiro atoms. The number of nitrogens with one attached hydrogen (secondary N) is 1. The van der Waals surface area contributed by atoms with Crippen LogP contribution in [0.2, 0.25) is 0 Å². The Hall–Kier alpha value is -3.80. The van der Waals surface area contributed by atoms with Crippen molar-refractivity contribution in [1.82, 2.24) is 10.2 Å². The van der Waals surface area contributed by atoms with Crippen LogP contribution in [0.5, 0.6) is 11.5 Å². The van der Waals surface area contributed by atoms with E-state index < -0.39 is 0 Å². The smallest absolute Gasteiger partial charge is 0.261 e. The van der Waals surface area contributed by atoms with Gasteiger partial charge in [0.2, 0.25) is 0 Å². The van der Waals surface area contributed by atoms with E-state index in [-0.39, 0.29) is 24.5 Å². The molecule has 0 bridgehead atoms.